The molecule has 9 heteroatoms. The maximum Gasteiger partial charge on any atom is 0.339 e. The second-order valence-corrected chi connectivity index (χ2v) is 8.89. The van der Waals surface area contributed by atoms with Crippen molar-refractivity contribution >= 4 is 45.8 Å². The first-order valence-corrected chi connectivity index (χ1v) is 12.4. The number of halogens is 1. The highest BCUT2D eigenvalue weighted by Crippen LogP contribution is 2.25. The van der Waals surface area contributed by atoms with Gasteiger partial charge in [-0.3, -0.25) is 9.78 Å². The minimum atomic E-state index is -1.21. The average Bonchev–Trinajstić information content (AvgIpc) is 2.81. The maximum absolute atomic E-state index is 10.6. The van der Waals surface area contributed by atoms with E-state index in [9.17, 15) is 14.7 Å². The van der Waals surface area contributed by atoms with E-state index in [1.54, 1.807) is 0 Å². The zero-order chi connectivity index (χ0) is 26.7. The van der Waals surface area contributed by atoms with Crippen LogP contribution >= 0.6 is 11.6 Å². The van der Waals surface area contributed by atoms with Crippen LogP contribution in [0.4, 0.5) is 11.4 Å². The summed E-state index contributed by atoms with van der Waals surface area (Å²) in [6.07, 6.45) is 4.21. The van der Waals surface area contributed by atoms with E-state index in [-0.39, 0.29) is 17.2 Å². The maximum atomic E-state index is 10.6. The van der Waals surface area contributed by atoms with E-state index < -0.39 is 5.97 Å². The van der Waals surface area contributed by atoms with Gasteiger partial charge in [-0.1, -0.05) is 25.4 Å². The number of phenols is 1. The summed E-state index contributed by atoms with van der Waals surface area (Å²) in [4.78, 5) is 28.0. The first kappa shape index (κ1) is 28.9. The van der Waals surface area contributed by atoms with Crippen LogP contribution in [0.25, 0.3) is 10.9 Å². The Morgan fingerprint density at radius 1 is 1.11 bits per heavy atom. The molecule has 0 aliphatic heterocycles. The van der Waals surface area contributed by atoms with E-state index in [1.165, 1.54) is 38.1 Å². The zero-order valence-corrected chi connectivity index (χ0v) is 22.0. The van der Waals surface area contributed by atoms with Gasteiger partial charge in [0.1, 0.15) is 11.3 Å². The van der Waals surface area contributed by atoms with Crippen LogP contribution in [0, 0.1) is 0 Å². The van der Waals surface area contributed by atoms with Gasteiger partial charge in [-0.05, 0) is 75.8 Å². The van der Waals surface area contributed by atoms with Gasteiger partial charge in [0, 0.05) is 47.0 Å². The molecule has 1 atom stereocenters. The molecule has 0 bridgehead atoms. The van der Waals surface area contributed by atoms with Crippen molar-refractivity contribution in [2.24, 2.45) is 0 Å². The Morgan fingerprint density at radius 3 is 2.44 bits per heavy atom. The molecule has 8 nitrogen and oxygen atoms in total. The zero-order valence-electron chi connectivity index (χ0n) is 21.2. The molecule has 36 heavy (non-hydrogen) atoms. The van der Waals surface area contributed by atoms with Crippen LogP contribution in [0.3, 0.4) is 0 Å². The number of nitrogens with one attached hydrogen (secondary N) is 2. The van der Waals surface area contributed by atoms with E-state index in [2.05, 4.69) is 41.3 Å². The topological polar surface area (TPSA) is 115 Å². The molecule has 0 fully saturated rings. The van der Waals surface area contributed by atoms with Gasteiger partial charge in [-0.25, -0.2) is 4.79 Å². The summed E-state index contributed by atoms with van der Waals surface area (Å²) in [6.45, 7) is 11.4. The predicted molar refractivity (Wildman–Crippen MR) is 146 cm³/mol. The van der Waals surface area contributed by atoms with Gasteiger partial charge in [-0.2, -0.15) is 0 Å². The Morgan fingerprint density at radius 2 is 1.83 bits per heavy atom. The molecule has 1 heterocycles. The number of pyridine rings is 1. The number of carboxylic acids is 1. The van der Waals surface area contributed by atoms with Crippen molar-refractivity contribution < 1.29 is 19.8 Å². The first-order valence-electron chi connectivity index (χ1n) is 12.0. The Labute approximate surface area is 217 Å². The highest BCUT2D eigenvalue weighted by atomic mass is 35.5. The number of carbonyl (C=O) groups excluding carboxylic acids is 1. The van der Waals surface area contributed by atoms with Crippen LogP contribution in [-0.4, -0.2) is 57.6 Å². The molecule has 1 aromatic heterocycles. The molecule has 0 spiro atoms. The molecule has 0 aliphatic rings. The summed E-state index contributed by atoms with van der Waals surface area (Å²) in [5.74, 6) is -1.87. The van der Waals surface area contributed by atoms with Crippen LogP contribution in [0.15, 0.2) is 48.7 Å². The van der Waals surface area contributed by atoms with Crippen molar-refractivity contribution in [2.75, 3.05) is 30.3 Å². The number of aromatic nitrogens is 1. The molecule has 0 saturated heterocycles. The van der Waals surface area contributed by atoms with Crippen LogP contribution in [0.5, 0.6) is 5.75 Å². The molecule has 0 radical (unpaired) electrons. The van der Waals surface area contributed by atoms with Crippen molar-refractivity contribution in [1.82, 2.24) is 9.88 Å². The normalized spacial score (nSPS) is 11.5. The second-order valence-electron chi connectivity index (χ2n) is 8.45. The highest BCUT2D eigenvalue weighted by Gasteiger charge is 2.10. The number of nitrogens with zero attached hydrogens (tertiary/aromatic N) is 2. The summed E-state index contributed by atoms with van der Waals surface area (Å²) >= 11 is 6.04. The number of aromatic carboxylic acids is 1. The fraction of sp³-hybridized carbons (Fsp3) is 0.370. The summed E-state index contributed by atoms with van der Waals surface area (Å²) in [7, 11) is 0. The largest absolute Gasteiger partial charge is 0.507 e. The Kier molecular flexibility index (Phi) is 11.4. The Balaban J connectivity index is 0.000000281. The number of amides is 1. The lowest BCUT2D eigenvalue weighted by Crippen LogP contribution is -2.25. The van der Waals surface area contributed by atoms with E-state index in [0.717, 1.165) is 41.1 Å². The number of carboxylic acid groups (broad SMARTS) is 1. The van der Waals surface area contributed by atoms with Gasteiger partial charge in [0.15, 0.2) is 0 Å². The first-order chi connectivity index (χ1) is 17.1. The molecular weight excluding hydrogens is 480 g/mol. The van der Waals surface area contributed by atoms with Crippen LogP contribution in [0.1, 0.15) is 50.9 Å². The highest BCUT2D eigenvalue weighted by molar-refractivity contribution is 6.31. The van der Waals surface area contributed by atoms with Crippen molar-refractivity contribution in [3.63, 3.8) is 0 Å². The molecule has 1 amide bonds. The molecule has 3 aromatic rings. The van der Waals surface area contributed by atoms with Gasteiger partial charge >= 0.3 is 5.97 Å². The summed E-state index contributed by atoms with van der Waals surface area (Å²) in [5.41, 5.74) is 2.24. The fourth-order valence-electron chi connectivity index (χ4n) is 3.74. The van der Waals surface area contributed by atoms with Crippen molar-refractivity contribution in [2.45, 2.75) is 46.6 Å². The van der Waals surface area contributed by atoms with E-state index >= 15 is 0 Å². The van der Waals surface area contributed by atoms with Crippen LogP contribution in [0.2, 0.25) is 5.02 Å². The number of aromatic hydroxyl groups is 1. The van der Waals surface area contributed by atoms with Gasteiger partial charge in [0.2, 0.25) is 5.91 Å². The summed E-state index contributed by atoms with van der Waals surface area (Å²) in [6, 6.07) is 12.2. The lowest BCUT2D eigenvalue weighted by molar-refractivity contribution is -0.114. The standard InChI is InChI=1S/C18H26ClN3.C9H9NO4/c1-4-22(5-2)12-6-7-14(3)21-17-10-11-20-18-13-15(19)8-9-16(17)18;1-5(11)10-6-2-3-7(9(13)14)8(12)4-6/h8-11,13-14H,4-7,12H2,1-3H3,(H,20,21);2-4,12H,1H3,(H,10,11)(H,13,14). The van der Waals surface area contributed by atoms with Gasteiger partial charge < -0.3 is 25.7 Å². The van der Waals surface area contributed by atoms with Crippen LogP contribution in [-0.2, 0) is 4.79 Å². The lowest BCUT2D eigenvalue weighted by atomic mass is 10.1. The summed E-state index contributed by atoms with van der Waals surface area (Å²) in [5, 5.41) is 25.7. The number of fused-ring (bicyclic) bond motifs is 1. The molecule has 0 aliphatic carbocycles. The molecule has 1 unspecified atom stereocenters. The van der Waals surface area contributed by atoms with Crippen molar-refractivity contribution in [3.8, 4) is 5.75 Å². The molecule has 194 valence electrons. The third-order valence-corrected chi connectivity index (χ3v) is 5.90. The Hall–Kier alpha value is -3.36. The SMILES string of the molecule is CC(=O)Nc1ccc(C(=O)O)c(O)c1.CCN(CC)CCCC(C)Nc1ccnc2cc(Cl)ccc12. The fourth-order valence-corrected chi connectivity index (χ4v) is 3.91. The molecule has 0 saturated carbocycles. The van der Waals surface area contributed by atoms with E-state index in [1.807, 2.05) is 30.5 Å². The van der Waals surface area contributed by atoms with Crippen molar-refractivity contribution in [3.05, 3.63) is 59.2 Å². The third-order valence-electron chi connectivity index (χ3n) is 5.66. The minimum Gasteiger partial charge on any atom is -0.507 e. The summed E-state index contributed by atoms with van der Waals surface area (Å²) < 4.78 is 0. The number of rotatable bonds is 10. The number of carbonyl (C=O) groups is 2. The van der Waals surface area contributed by atoms with E-state index in [0.29, 0.717) is 11.7 Å². The lowest BCUT2D eigenvalue weighted by Gasteiger charge is -2.20. The minimum absolute atomic E-state index is 0.195. The number of hydrogen-bond donors (Lipinski definition) is 4. The predicted octanol–water partition coefficient (Wildman–Crippen LogP) is 5.86. The van der Waals surface area contributed by atoms with Gasteiger partial charge in [0.05, 0.1) is 5.52 Å². The van der Waals surface area contributed by atoms with E-state index in [4.69, 9.17) is 16.7 Å². The van der Waals surface area contributed by atoms with Gasteiger partial charge in [-0.15, -0.1) is 0 Å². The monoisotopic (exact) mass is 514 g/mol. The average molecular weight is 515 g/mol. The third kappa shape index (κ3) is 9.02. The van der Waals surface area contributed by atoms with Crippen LogP contribution < -0.4 is 10.6 Å². The number of hydrogen-bond acceptors (Lipinski definition) is 6. The number of benzene rings is 2. The number of anilines is 2. The quantitative estimate of drug-likeness (QED) is 0.268. The van der Waals surface area contributed by atoms with Gasteiger partial charge in [0.25, 0.3) is 0 Å². The molecular formula is C27H35ClN4O4. The Bertz CT molecular complexity index is 1170. The molecule has 4 N–H and O–H groups in total. The molecule has 2 aromatic carbocycles. The van der Waals surface area contributed by atoms with Crippen molar-refractivity contribution in [1.29, 1.82) is 0 Å². The molecule has 3 rings (SSSR count). The second kappa shape index (κ2) is 14.3. The smallest absolute Gasteiger partial charge is 0.339 e.